The summed E-state index contributed by atoms with van der Waals surface area (Å²) in [5.41, 5.74) is 2.75. The van der Waals surface area contributed by atoms with E-state index in [4.69, 9.17) is 21.1 Å². The summed E-state index contributed by atoms with van der Waals surface area (Å²) in [6.45, 7) is 2.33. The van der Waals surface area contributed by atoms with Crippen molar-refractivity contribution < 1.29 is 14.7 Å². The lowest BCUT2D eigenvalue weighted by molar-refractivity contribution is 0.184. The average molecular weight is 336 g/mol. The van der Waals surface area contributed by atoms with Gasteiger partial charge in [-0.1, -0.05) is 11.6 Å². The van der Waals surface area contributed by atoms with E-state index in [0.717, 1.165) is 0 Å². The van der Waals surface area contributed by atoms with E-state index in [0.29, 0.717) is 34.7 Å². The second kappa shape index (κ2) is 8.47. The smallest absolute Gasteiger partial charge is 0.219 e. The van der Waals surface area contributed by atoms with E-state index in [1.165, 1.54) is 0 Å². The summed E-state index contributed by atoms with van der Waals surface area (Å²) >= 11 is 5.84. The minimum Gasteiger partial charge on any atom is -0.439 e. The Kier molecular flexibility index (Phi) is 6.34. The van der Waals surface area contributed by atoms with Gasteiger partial charge in [0.25, 0.3) is 0 Å². The molecule has 1 unspecified atom stereocenters. The van der Waals surface area contributed by atoms with Gasteiger partial charge in [0.05, 0.1) is 12.6 Å². The van der Waals surface area contributed by atoms with E-state index in [9.17, 15) is 5.21 Å². The fraction of sp³-hybridized carbons (Fsp3) is 0.250. The number of benzene rings is 1. The summed E-state index contributed by atoms with van der Waals surface area (Å²) in [5, 5.41) is 9.94. The fourth-order valence-corrected chi connectivity index (χ4v) is 2.03. The van der Waals surface area contributed by atoms with E-state index < -0.39 is 0 Å². The van der Waals surface area contributed by atoms with Gasteiger partial charge in [0.15, 0.2) is 5.84 Å². The van der Waals surface area contributed by atoms with Gasteiger partial charge in [-0.3, -0.25) is 15.7 Å². The SMILES string of the molecule is COCC(C)N=C(NO)c1ccnc(Oc2ccc(Cl)cc2)c1. The molecule has 0 aliphatic carbocycles. The molecule has 6 nitrogen and oxygen atoms in total. The van der Waals surface area contributed by atoms with Crippen LogP contribution in [-0.4, -0.2) is 35.8 Å². The van der Waals surface area contributed by atoms with Gasteiger partial charge in [0, 0.05) is 30.0 Å². The predicted molar refractivity (Wildman–Crippen MR) is 88.6 cm³/mol. The number of ether oxygens (including phenoxy) is 2. The predicted octanol–water partition coefficient (Wildman–Crippen LogP) is 3.29. The first-order valence-corrected chi connectivity index (χ1v) is 7.37. The molecule has 0 radical (unpaired) electrons. The Morgan fingerprint density at radius 2 is 2.09 bits per heavy atom. The molecule has 2 rings (SSSR count). The number of aliphatic imine (C=N–C) groups is 1. The first kappa shape index (κ1) is 17.2. The molecule has 7 heteroatoms. The highest BCUT2D eigenvalue weighted by molar-refractivity contribution is 6.30. The van der Waals surface area contributed by atoms with Crippen LogP contribution in [0.4, 0.5) is 0 Å². The summed E-state index contributed by atoms with van der Waals surface area (Å²) < 4.78 is 10.7. The van der Waals surface area contributed by atoms with Crippen LogP contribution in [0, 0.1) is 0 Å². The molecule has 122 valence electrons. The van der Waals surface area contributed by atoms with Crippen LogP contribution in [0.3, 0.4) is 0 Å². The molecule has 0 fully saturated rings. The standard InChI is InChI=1S/C16H18ClN3O3/c1-11(10-22-2)19-16(20-21)12-7-8-18-15(9-12)23-14-5-3-13(17)4-6-14/h3-9,11,21H,10H2,1-2H3,(H,19,20). The quantitative estimate of drug-likeness (QED) is 0.481. The van der Waals surface area contributed by atoms with Gasteiger partial charge < -0.3 is 9.47 Å². The highest BCUT2D eigenvalue weighted by Gasteiger charge is 2.08. The van der Waals surface area contributed by atoms with Crippen molar-refractivity contribution >= 4 is 17.4 Å². The first-order valence-electron chi connectivity index (χ1n) is 6.99. The largest absolute Gasteiger partial charge is 0.439 e. The maximum absolute atomic E-state index is 9.31. The number of nitrogens with zero attached hydrogens (tertiary/aromatic N) is 2. The number of pyridine rings is 1. The lowest BCUT2D eigenvalue weighted by atomic mass is 10.2. The van der Waals surface area contributed by atoms with Crippen LogP contribution in [-0.2, 0) is 4.74 Å². The zero-order valence-electron chi connectivity index (χ0n) is 12.9. The van der Waals surface area contributed by atoms with Crippen LogP contribution in [0.5, 0.6) is 11.6 Å². The van der Waals surface area contributed by atoms with Gasteiger partial charge in [0.1, 0.15) is 5.75 Å². The summed E-state index contributed by atoms with van der Waals surface area (Å²) in [4.78, 5) is 8.49. The van der Waals surface area contributed by atoms with Crippen LogP contribution < -0.4 is 10.2 Å². The molecule has 1 aromatic carbocycles. The minimum absolute atomic E-state index is 0.108. The van der Waals surface area contributed by atoms with Gasteiger partial charge in [-0.2, -0.15) is 0 Å². The minimum atomic E-state index is -0.108. The van der Waals surface area contributed by atoms with Crippen LogP contribution in [0.25, 0.3) is 0 Å². The topological polar surface area (TPSA) is 76.0 Å². The van der Waals surface area contributed by atoms with Crippen molar-refractivity contribution in [3.05, 3.63) is 53.2 Å². The van der Waals surface area contributed by atoms with Gasteiger partial charge in [-0.15, -0.1) is 0 Å². The number of methoxy groups -OCH3 is 1. The van der Waals surface area contributed by atoms with E-state index in [1.54, 1.807) is 49.7 Å². The molecule has 0 spiro atoms. The number of amidine groups is 1. The van der Waals surface area contributed by atoms with Gasteiger partial charge in [0.2, 0.25) is 5.88 Å². The van der Waals surface area contributed by atoms with Crippen LogP contribution >= 0.6 is 11.6 Å². The molecule has 0 bridgehead atoms. The van der Waals surface area contributed by atoms with Crippen molar-refractivity contribution in [3.8, 4) is 11.6 Å². The molecular weight excluding hydrogens is 318 g/mol. The molecule has 0 saturated carbocycles. The number of hydrogen-bond acceptors (Lipinski definition) is 5. The van der Waals surface area contributed by atoms with Crippen LogP contribution in [0.1, 0.15) is 12.5 Å². The number of halogens is 1. The van der Waals surface area contributed by atoms with Crippen molar-refractivity contribution in [2.45, 2.75) is 13.0 Å². The van der Waals surface area contributed by atoms with Crippen molar-refractivity contribution in [3.63, 3.8) is 0 Å². The number of rotatable bonds is 6. The monoisotopic (exact) mass is 335 g/mol. The highest BCUT2D eigenvalue weighted by atomic mass is 35.5. The second-order valence-electron chi connectivity index (χ2n) is 4.83. The van der Waals surface area contributed by atoms with Gasteiger partial charge in [-0.05, 0) is 37.3 Å². The Labute approximate surface area is 139 Å². The van der Waals surface area contributed by atoms with Crippen molar-refractivity contribution in [2.24, 2.45) is 4.99 Å². The molecule has 0 amide bonds. The average Bonchev–Trinajstić information content (AvgIpc) is 2.55. The van der Waals surface area contributed by atoms with E-state index in [-0.39, 0.29) is 6.04 Å². The lowest BCUT2D eigenvalue weighted by Crippen LogP contribution is -2.23. The van der Waals surface area contributed by atoms with Crippen molar-refractivity contribution in [1.29, 1.82) is 0 Å². The summed E-state index contributed by atoms with van der Waals surface area (Å²) in [6.07, 6.45) is 1.58. The highest BCUT2D eigenvalue weighted by Crippen LogP contribution is 2.22. The van der Waals surface area contributed by atoms with Crippen molar-refractivity contribution in [2.75, 3.05) is 13.7 Å². The zero-order chi connectivity index (χ0) is 16.7. The second-order valence-corrected chi connectivity index (χ2v) is 5.27. The Balaban J connectivity index is 2.19. The first-order chi connectivity index (χ1) is 11.1. The molecule has 0 aliphatic heterocycles. The molecule has 2 aromatic rings. The summed E-state index contributed by atoms with van der Waals surface area (Å²) in [7, 11) is 1.60. The third-order valence-corrected chi connectivity index (χ3v) is 3.16. The number of aromatic nitrogens is 1. The number of hydrogen-bond donors (Lipinski definition) is 2. The molecule has 1 aromatic heterocycles. The number of hydroxylamine groups is 1. The number of nitrogens with one attached hydrogen (secondary N) is 1. The maximum atomic E-state index is 9.31. The summed E-state index contributed by atoms with van der Waals surface area (Å²) in [6, 6.07) is 10.2. The molecular formula is C16H18ClN3O3. The zero-order valence-corrected chi connectivity index (χ0v) is 13.6. The van der Waals surface area contributed by atoms with Gasteiger partial charge in [-0.25, -0.2) is 4.98 Å². The van der Waals surface area contributed by atoms with Crippen LogP contribution in [0.2, 0.25) is 5.02 Å². The third kappa shape index (κ3) is 5.21. The molecule has 0 aliphatic rings. The Morgan fingerprint density at radius 1 is 1.35 bits per heavy atom. The maximum Gasteiger partial charge on any atom is 0.219 e. The van der Waals surface area contributed by atoms with E-state index in [1.807, 2.05) is 6.92 Å². The normalized spacial score (nSPS) is 12.8. The van der Waals surface area contributed by atoms with Crippen molar-refractivity contribution in [1.82, 2.24) is 10.5 Å². The van der Waals surface area contributed by atoms with E-state index in [2.05, 4.69) is 15.5 Å². The molecule has 23 heavy (non-hydrogen) atoms. The lowest BCUT2D eigenvalue weighted by Gasteiger charge is -2.11. The van der Waals surface area contributed by atoms with Gasteiger partial charge >= 0.3 is 0 Å². The van der Waals surface area contributed by atoms with E-state index >= 15 is 0 Å². The summed E-state index contributed by atoms with van der Waals surface area (Å²) in [5.74, 6) is 1.31. The molecule has 1 heterocycles. The van der Waals surface area contributed by atoms with Crippen LogP contribution in [0.15, 0.2) is 47.6 Å². The molecule has 2 N–H and O–H groups in total. The Bertz CT molecular complexity index is 662. The Hall–Kier alpha value is -2.15. The fourth-order valence-electron chi connectivity index (χ4n) is 1.90. The molecule has 1 atom stereocenters. The molecule has 0 saturated heterocycles. The Morgan fingerprint density at radius 3 is 2.74 bits per heavy atom. The third-order valence-electron chi connectivity index (χ3n) is 2.91.